The first-order chi connectivity index (χ1) is 12.5. The summed E-state index contributed by atoms with van der Waals surface area (Å²) >= 11 is 7.74. The minimum atomic E-state index is -0.0441. The monoisotopic (exact) mass is 387 g/mol. The van der Waals surface area contributed by atoms with E-state index in [1.807, 2.05) is 18.2 Å². The summed E-state index contributed by atoms with van der Waals surface area (Å²) in [7, 11) is 1.78. The highest BCUT2D eigenvalue weighted by atomic mass is 35.5. The van der Waals surface area contributed by atoms with Crippen molar-refractivity contribution >= 4 is 34.7 Å². The van der Waals surface area contributed by atoms with Gasteiger partial charge in [-0.05, 0) is 30.5 Å². The molecule has 3 heterocycles. The predicted molar refractivity (Wildman–Crippen MR) is 105 cm³/mol. The van der Waals surface area contributed by atoms with E-state index in [9.17, 15) is 4.79 Å². The number of thiophene rings is 1. The molecule has 0 aromatic carbocycles. The van der Waals surface area contributed by atoms with E-state index in [0.717, 1.165) is 41.0 Å². The molecule has 0 unspecified atom stereocenters. The first kappa shape index (κ1) is 17.1. The van der Waals surface area contributed by atoms with E-state index in [4.69, 9.17) is 22.1 Å². The van der Waals surface area contributed by atoms with Gasteiger partial charge in [0.1, 0.15) is 11.6 Å². The summed E-state index contributed by atoms with van der Waals surface area (Å²) in [5, 5.41) is 0.628. The molecular formula is C19H18ClN3O2S. The predicted octanol–water partition coefficient (Wildman–Crippen LogP) is 4.20. The fraction of sp³-hybridized carbons (Fsp3) is 0.263. The summed E-state index contributed by atoms with van der Waals surface area (Å²) in [6, 6.07) is 3.69. The van der Waals surface area contributed by atoms with Crippen LogP contribution in [0, 0.1) is 0 Å². The zero-order valence-electron chi connectivity index (χ0n) is 14.3. The van der Waals surface area contributed by atoms with Crippen LogP contribution in [0.1, 0.15) is 28.1 Å². The molecular weight excluding hydrogens is 370 g/mol. The van der Waals surface area contributed by atoms with Crippen molar-refractivity contribution in [1.82, 2.24) is 9.88 Å². The van der Waals surface area contributed by atoms with E-state index in [-0.39, 0.29) is 5.91 Å². The third kappa shape index (κ3) is 2.99. The summed E-state index contributed by atoms with van der Waals surface area (Å²) in [5.74, 6) is 1.10. The van der Waals surface area contributed by atoms with E-state index in [2.05, 4.69) is 4.98 Å². The molecule has 0 atom stereocenters. The van der Waals surface area contributed by atoms with Crippen LogP contribution in [0.25, 0.3) is 10.4 Å². The number of rotatable bonds is 2. The first-order valence-corrected chi connectivity index (χ1v) is 9.58. The molecule has 0 saturated heterocycles. The molecule has 5 nitrogen and oxygen atoms in total. The van der Waals surface area contributed by atoms with Crippen LogP contribution in [0.15, 0.2) is 41.2 Å². The lowest BCUT2D eigenvalue weighted by Gasteiger charge is -2.22. The Hall–Kier alpha value is -2.31. The summed E-state index contributed by atoms with van der Waals surface area (Å²) in [4.78, 5) is 20.6. The number of ether oxygens (including phenoxy) is 1. The quantitative estimate of drug-likeness (QED) is 0.838. The Bertz CT molecular complexity index is 948. The van der Waals surface area contributed by atoms with Gasteiger partial charge in [-0.2, -0.15) is 0 Å². The Balaban J connectivity index is 1.71. The third-order valence-electron chi connectivity index (χ3n) is 4.58. The fourth-order valence-corrected chi connectivity index (χ4v) is 4.71. The molecule has 0 spiro atoms. The number of anilines is 1. The molecule has 26 heavy (non-hydrogen) atoms. The lowest BCUT2D eigenvalue weighted by Crippen LogP contribution is -2.26. The minimum Gasteiger partial charge on any atom is -0.492 e. The Morgan fingerprint density at radius 1 is 1.38 bits per heavy atom. The van der Waals surface area contributed by atoms with E-state index in [0.29, 0.717) is 28.1 Å². The number of amides is 1. The number of pyridine rings is 1. The number of hydrogen-bond acceptors (Lipinski definition) is 5. The maximum atomic E-state index is 13.0. The standard InChI is InChI=1S/C19H18ClN3O2S/c1-23(14-5-3-2-4-13(14)20)19(24)16-8-11-6-7-25-15-9-17(21)22-10-12(15)18(11)26-16/h2,4,8-10H,3,5-7H2,1H3,(H2,21,22). The smallest absolute Gasteiger partial charge is 0.267 e. The number of fused-ring (bicyclic) bond motifs is 3. The number of halogens is 1. The van der Waals surface area contributed by atoms with Gasteiger partial charge in [0.05, 0.1) is 22.1 Å². The molecule has 134 valence electrons. The maximum Gasteiger partial charge on any atom is 0.267 e. The summed E-state index contributed by atoms with van der Waals surface area (Å²) < 4.78 is 5.79. The maximum absolute atomic E-state index is 13.0. The highest BCUT2D eigenvalue weighted by molar-refractivity contribution is 7.17. The zero-order chi connectivity index (χ0) is 18.3. The van der Waals surface area contributed by atoms with Gasteiger partial charge in [0.15, 0.2) is 0 Å². The van der Waals surface area contributed by atoms with Crippen molar-refractivity contribution in [2.24, 2.45) is 0 Å². The van der Waals surface area contributed by atoms with Crippen LogP contribution in [0.5, 0.6) is 5.75 Å². The van der Waals surface area contributed by atoms with Gasteiger partial charge in [0, 0.05) is 36.3 Å². The largest absolute Gasteiger partial charge is 0.492 e. The summed E-state index contributed by atoms with van der Waals surface area (Å²) in [6.07, 6.45) is 7.99. The Morgan fingerprint density at radius 2 is 2.23 bits per heavy atom. The lowest BCUT2D eigenvalue weighted by atomic mass is 10.1. The first-order valence-electron chi connectivity index (χ1n) is 8.39. The number of nitrogens with two attached hydrogens (primary N) is 1. The van der Waals surface area contributed by atoms with Crippen molar-refractivity contribution in [3.05, 3.63) is 51.7 Å². The van der Waals surface area contributed by atoms with Crippen LogP contribution in [-0.4, -0.2) is 29.4 Å². The SMILES string of the molecule is CN(C(=O)c1cc2c(s1)-c1cnc(N)cc1OCC2)C1=C(Cl)C=CCC1. The molecule has 0 radical (unpaired) electrons. The molecule has 0 fully saturated rings. The molecule has 4 rings (SSSR count). The number of carbonyl (C=O) groups excluding carboxylic acids is 1. The van der Waals surface area contributed by atoms with Gasteiger partial charge in [0.2, 0.25) is 0 Å². The Morgan fingerprint density at radius 3 is 3.04 bits per heavy atom. The van der Waals surface area contributed by atoms with Gasteiger partial charge < -0.3 is 15.4 Å². The van der Waals surface area contributed by atoms with Gasteiger partial charge in [-0.1, -0.05) is 17.7 Å². The van der Waals surface area contributed by atoms with Crippen molar-refractivity contribution in [3.8, 4) is 16.2 Å². The lowest BCUT2D eigenvalue weighted by molar-refractivity contribution is 0.0836. The van der Waals surface area contributed by atoms with Gasteiger partial charge in [-0.25, -0.2) is 4.98 Å². The number of carbonyl (C=O) groups is 1. The number of allylic oxidation sites excluding steroid dienone is 4. The molecule has 1 aliphatic carbocycles. The summed E-state index contributed by atoms with van der Waals surface area (Å²) in [6.45, 7) is 0.547. The average molecular weight is 388 g/mol. The molecule has 2 aromatic heterocycles. The normalized spacial score (nSPS) is 15.8. The fourth-order valence-electron chi connectivity index (χ4n) is 3.20. The number of nitrogens with zero attached hydrogens (tertiary/aromatic N) is 2. The minimum absolute atomic E-state index is 0.0441. The van der Waals surface area contributed by atoms with Gasteiger partial charge in [-0.15, -0.1) is 11.3 Å². The number of hydrogen-bond donors (Lipinski definition) is 1. The second-order valence-electron chi connectivity index (χ2n) is 6.27. The van der Waals surface area contributed by atoms with Crippen LogP contribution in [0.4, 0.5) is 5.82 Å². The molecule has 0 saturated carbocycles. The van der Waals surface area contributed by atoms with Gasteiger partial charge >= 0.3 is 0 Å². The molecule has 2 N–H and O–H groups in total. The zero-order valence-corrected chi connectivity index (χ0v) is 15.9. The topological polar surface area (TPSA) is 68.5 Å². The Labute approximate surface area is 160 Å². The Kier molecular flexibility index (Phi) is 4.46. The van der Waals surface area contributed by atoms with Crippen molar-refractivity contribution < 1.29 is 9.53 Å². The van der Waals surface area contributed by atoms with Crippen molar-refractivity contribution in [1.29, 1.82) is 0 Å². The van der Waals surface area contributed by atoms with Crippen molar-refractivity contribution in [3.63, 3.8) is 0 Å². The second kappa shape index (κ2) is 6.78. The molecule has 7 heteroatoms. The number of aromatic nitrogens is 1. The molecule has 2 aromatic rings. The van der Waals surface area contributed by atoms with Gasteiger partial charge in [-0.3, -0.25) is 4.79 Å². The van der Waals surface area contributed by atoms with Crippen molar-refractivity contribution in [2.75, 3.05) is 19.4 Å². The number of nitrogen functional groups attached to an aromatic ring is 1. The van der Waals surface area contributed by atoms with Crippen LogP contribution < -0.4 is 10.5 Å². The molecule has 1 amide bonds. The molecule has 1 aliphatic heterocycles. The van der Waals surface area contributed by atoms with Crippen molar-refractivity contribution in [2.45, 2.75) is 19.3 Å². The van der Waals surface area contributed by atoms with E-state index in [1.165, 1.54) is 11.3 Å². The van der Waals surface area contributed by atoms with E-state index >= 15 is 0 Å². The van der Waals surface area contributed by atoms with E-state index < -0.39 is 0 Å². The van der Waals surface area contributed by atoms with Crippen LogP contribution in [0.2, 0.25) is 0 Å². The van der Waals surface area contributed by atoms with Crippen LogP contribution in [0.3, 0.4) is 0 Å². The second-order valence-corrected chi connectivity index (χ2v) is 7.73. The van der Waals surface area contributed by atoms with Crippen LogP contribution >= 0.6 is 22.9 Å². The molecule has 2 aliphatic rings. The average Bonchev–Trinajstić information content (AvgIpc) is 2.98. The van der Waals surface area contributed by atoms with E-state index in [1.54, 1.807) is 24.2 Å². The van der Waals surface area contributed by atoms with Crippen LogP contribution in [-0.2, 0) is 6.42 Å². The molecule has 0 bridgehead atoms. The summed E-state index contributed by atoms with van der Waals surface area (Å²) in [5.41, 5.74) is 8.62. The van der Waals surface area contributed by atoms with Gasteiger partial charge in [0.25, 0.3) is 5.91 Å². The highest BCUT2D eigenvalue weighted by Gasteiger charge is 2.25. The highest BCUT2D eigenvalue weighted by Crippen LogP contribution is 2.41. The third-order valence-corrected chi connectivity index (χ3v) is 6.12.